The highest BCUT2D eigenvalue weighted by molar-refractivity contribution is 7.86. The van der Waals surface area contributed by atoms with E-state index in [1.165, 1.54) is 12.1 Å². The van der Waals surface area contributed by atoms with Crippen LogP contribution >= 0.6 is 0 Å². The van der Waals surface area contributed by atoms with Crippen LogP contribution in [-0.4, -0.2) is 64.3 Å². The zero-order valence-electron chi connectivity index (χ0n) is 15.3. The van der Waals surface area contributed by atoms with Crippen molar-refractivity contribution in [2.24, 2.45) is 0 Å². The topological polar surface area (TPSA) is 168 Å². The highest BCUT2D eigenvalue weighted by atomic mass is 32.2. The lowest BCUT2D eigenvalue weighted by molar-refractivity contribution is -0.145. The number of H-pyrrole nitrogens is 1. The maximum atomic E-state index is 12.4. The summed E-state index contributed by atoms with van der Waals surface area (Å²) >= 11 is 0. The smallest absolute Gasteiger partial charge is 0.330 e. The molecule has 0 spiro atoms. The molecule has 12 heteroatoms. The maximum absolute atomic E-state index is 12.4. The molecule has 2 heterocycles. The monoisotopic (exact) mass is 428 g/mol. The lowest BCUT2D eigenvalue weighted by Gasteiger charge is -2.29. The number of aliphatic hydroxyl groups excluding tert-OH is 3. The maximum Gasteiger partial charge on any atom is 0.330 e. The Morgan fingerprint density at radius 3 is 2.45 bits per heavy atom. The summed E-state index contributed by atoms with van der Waals surface area (Å²) in [4.78, 5) is 25.0. The summed E-state index contributed by atoms with van der Waals surface area (Å²) < 4.78 is 36.0. The first-order chi connectivity index (χ1) is 13.6. The fourth-order valence-electron chi connectivity index (χ4n) is 2.94. The minimum atomic E-state index is -4.25. The highest BCUT2D eigenvalue weighted by Gasteiger charge is 2.55. The van der Waals surface area contributed by atoms with Crippen LogP contribution in [-0.2, 0) is 19.0 Å². The minimum Gasteiger partial charge on any atom is -0.393 e. The molecule has 158 valence electrons. The molecule has 1 aromatic heterocycles. The minimum absolute atomic E-state index is 0.141. The number of aromatic nitrogens is 2. The number of ether oxygens (including phenoxy) is 1. The summed E-state index contributed by atoms with van der Waals surface area (Å²) in [6.45, 7) is 0.0385. The van der Waals surface area contributed by atoms with Crippen LogP contribution in [0.5, 0.6) is 0 Å². The van der Waals surface area contributed by atoms with Crippen LogP contribution in [0.15, 0.2) is 51.0 Å². The molecule has 4 N–H and O–H groups in total. The molecule has 2 aromatic rings. The van der Waals surface area contributed by atoms with Gasteiger partial charge in [0.05, 0.1) is 11.5 Å². The molecule has 29 heavy (non-hydrogen) atoms. The first-order valence-electron chi connectivity index (χ1n) is 8.52. The third-order valence-corrected chi connectivity index (χ3v) is 5.95. The molecule has 1 aromatic carbocycles. The van der Waals surface area contributed by atoms with Gasteiger partial charge in [0.25, 0.3) is 15.7 Å². The quantitative estimate of drug-likeness (QED) is 0.389. The van der Waals surface area contributed by atoms with Crippen molar-refractivity contribution in [3.05, 3.63) is 62.9 Å². The average molecular weight is 428 g/mol. The molecule has 1 aliphatic rings. The summed E-state index contributed by atoms with van der Waals surface area (Å²) in [5, 5.41) is 30.5. The van der Waals surface area contributed by atoms with Crippen LogP contribution in [0, 0.1) is 6.92 Å². The van der Waals surface area contributed by atoms with Gasteiger partial charge in [-0.2, -0.15) is 8.42 Å². The van der Waals surface area contributed by atoms with Gasteiger partial charge >= 0.3 is 5.69 Å². The number of hydrogen-bond donors (Lipinski definition) is 4. The number of nitrogens with zero attached hydrogens (tertiary/aromatic N) is 1. The second kappa shape index (κ2) is 7.82. The van der Waals surface area contributed by atoms with E-state index in [-0.39, 0.29) is 4.90 Å². The highest BCUT2D eigenvalue weighted by Crippen LogP contribution is 2.37. The molecule has 0 amide bonds. The molecular formula is C17H20N2O9S. The summed E-state index contributed by atoms with van der Waals surface area (Å²) in [6.07, 6.45) is -3.95. The number of aryl methyl sites for hydroxylation is 1. The molecule has 1 fully saturated rings. The molecule has 1 saturated heterocycles. The van der Waals surface area contributed by atoms with E-state index in [1.54, 1.807) is 19.1 Å². The zero-order valence-corrected chi connectivity index (χ0v) is 16.1. The van der Waals surface area contributed by atoms with Crippen molar-refractivity contribution in [3.63, 3.8) is 0 Å². The van der Waals surface area contributed by atoms with Crippen LogP contribution in [0.2, 0.25) is 0 Å². The van der Waals surface area contributed by atoms with Crippen molar-refractivity contribution in [2.45, 2.75) is 35.9 Å². The summed E-state index contributed by atoms with van der Waals surface area (Å²) in [7, 11) is -4.25. The Morgan fingerprint density at radius 1 is 1.21 bits per heavy atom. The van der Waals surface area contributed by atoms with Crippen molar-refractivity contribution in [3.8, 4) is 0 Å². The Balaban J connectivity index is 1.86. The Hall–Kier alpha value is -2.35. The van der Waals surface area contributed by atoms with E-state index < -0.39 is 58.6 Å². The fourth-order valence-corrected chi connectivity index (χ4v) is 3.90. The molecule has 0 bridgehead atoms. The molecule has 11 nitrogen and oxygen atoms in total. The number of aromatic amines is 1. The molecular weight excluding hydrogens is 408 g/mol. The van der Waals surface area contributed by atoms with E-state index in [4.69, 9.17) is 8.92 Å². The second-order valence-electron chi connectivity index (χ2n) is 6.71. The third kappa shape index (κ3) is 4.03. The second-order valence-corrected chi connectivity index (χ2v) is 8.33. The zero-order chi connectivity index (χ0) is 21.4. The van der Waals surface area contributed by atoms with Gasteiger partial charge in [-0.05, 0) is 19.1 Å². The van der Waals surface area contributed by atoms with Crippen LogP contribution in [0.4, 0.5) is 0 Å². The van der Waals surface area contributed by atoms with Crippen molar-refractivity contribution in [1.82, 2.24) is 9.55 Å². The number of aliphatic hydroxyl groups is 3. The van der Waals surface area contributed by atoms with Gasteiger partial charge in [-0.15, -0.1) is 0 Å². The Morgan fingerprint density at radius 2 is 1.86 bits per heavy atom. The molecule has 0 radical (unpaired) electrons. The van der Waals surface area contributed by atoms with Gasteiger partial charge in [0, 0.05) is 12.3 Å². The Kier molecular flexibility index (Phi) is 5.76. The predicted octanol–water partition coefficient (Wildman–Crippen LogP) is -1.77. The van der Waals surface area contributed by atoms with Gasteiger partial charge in [0.2, 0.25) is 0 Å². The summed E-state index contributed by atoms with van der Waals surface area (Å²) in [5.41, 5.74) is -2.80. The van der Waals surface area contributed by atoms with E-state index in [0.29, 0.717) is 0 Å². The third-order valence-electron chi connectivity index (χ3n) is 4.67. The lowest BCUT2D eigenvalue weighted by Crippen LogP contribution is -2.50. The van der Waals surface area contributed by atoms with Crippen molar-refractivity contribution in [2.75, 3.05) is 13.2 Å². The Labute approximate surface area is 164 Å². The van der Waals surface area contributed by atoms with Crippen LogP contribution < -0.4 is 11.2 Å². The number of nitrogens with one attached hydrogen (secondary N) is 1. The molecule has 3 rings (SSSR count). The number of benzene rings is 1. The van der Waals surface area contributed by atoms with Gasteiger partial charge < -0.3 is 20.1 Å². The van der Waals surface area contributed by atoms with Crippen LogP contribution in [0.25, 0.3) is 0 Å². The van der Waals surface area contributed by atoms with Gasteiger partial charge in [0.1, 0.15) is 24.4 Å². The average Bonchev–Trinajstić information content (AvgIpc) is 2.92. The van der Waals surface area contributed by atoms with Crippen molar-refractivity contribution >= 4 is 10.1 Å². The molecule has 1 aliphatic heterocycles. The Bertz CT molecular complexity index is 1090. The molecule has 0 unspecified atom stereocenters. The van der Waals surface area contributed by atoms with E-state index in [0.717, 1.165) is 22.4 Å². The first-order valence-corrected chi connectivity index (χ1v) is 9.93. The van der Waals surface area contributed by atoms with Gasteiger partial charge in [-0.3, -0.25) is 18.5 Å². The standard InChI is InChI=1S/C17H20N2O9S/c1-10-2-4-11(5-3-10)29(25,26)27-9-17(8-20)14(23)13(22)15(28-17)19-7-6-12(21)18-16(19)24/h2-7,13-15,20,22-23H,8-9H2,1H3,(H,18,21,24)/t13-,14+,15-,17+/m1/s1. The molecule has 4 atom stereocenters. The van der Waals surface area contributed by atoms with Gasteiger partial charge in [-0.1, -0.05) is 17.7 Å². The van der Waals surface area contributed by atoms with Crippen LogP contribution in [0.1, 0.15) is 11.8 Å². The molecule has 0 saturated carbocycles. The number of rotatable bonds is 6. The predicted molar refractivity (Wildman–Crippen MR) is 97.6 cm³/mol. The van der Waals surface area contributed by atoms with Gasteiger partial charge in [0.15, 0.2) is 6.23 Å². The largest absolute Gasteiger partial charge is 0.393 e. The molecule has 0 aliphatic carbocycles. The summed E-state index contributed by atoms with van der Waals surface area (Å²) in [5.74, 6) is 0. The van der Waals surface area contributed by atoms with Crippen molar-refractivity contribution < 1.29 is 32.7 Å². The van der Waals surface area contributed by atoms with E-state index in [1.807, 2.05) is 4.98 Å². The van der Waals surface area contributed by atoms with E-state index in [9.17, 15) is 33.3 Å². The van der Waals surface area contributed by atoms with Gasteiger partial charge in [-0.25, -0.2) is 4.79 Å². The fraction of sp³-hybridized carbons (Fsp3) is 0.412. The first kappa shape index (κ1) is 21.4. The van der Waals surface area contributed by atoms with E-state index in [2.05, 4.69) is 0 Å². The summed E-state index contributed by atoms with van der Waals surface area (Å²) in [6, 6.07) is 6.81. The SMILES string of the molecule is Cc1ccc(S(=O)(=O)OC[C@]2(CO)O[C@@H](n3ccc(=O)[nH]c3=O)[C@H](O)[C@@H]2O)cc1. The van der Waals surface area contributed by atoms with E-state index >= 15 is 0 Å². The lowest BCUT2D eigenvalue weighted by atomic mass is 9.97. The van der Waals surface area contributed by atoms with Crippen molar-refractivity contribution in [1.29, 1.82) is 0 Å². The number of hydrogen-bond acceptors (Lipinski definition) is 9. The van der Waals surface area contributed by atoms with Crippen LogP contribution in [0.3, 0.4) is 0 Å². The normalized spacial score (nSPS) is 27.2.